The van der Waals surface area contributed by atoms with Gasteiger partial charge in [0, 0.05) is 66.3 Å². The Morgan fingerprint density at radius 3 is 2.46 bits per heavy atom. The highest BCUT2D eigenvalue weighted by Crippen LogP contribution is 2.45. The van der Waals surface area contributed by atoms with Crippen LogP contribution in [0.2, 0.25) is 0 Å². The summed E-state index contributed by atoms with van der Waals surface area (Å²) in [5, 5.41) is 6.96. The quantitative estimate of drug-likeness (QED) is 0.148. The van der Waals surface area contributed by atoms with Gasteiger partial charge in [0.25, 0.3) is 15.9 Å². The van der Waals surface area contributed by atoms with Crippen LogP contribution in [-0.2, 0) is 30.8 Å². The fourth-order valence-corrected chi connectivity index (χ4v) is 10.2. The third-order valence-corrected chi connectivity index (χ3v) is 14.0. The zero-order valence-corrected chi connectivity index (χ0v) is 37.3. The van der Waals surface area contributed by atoms with E-state index in [1.165, 1.54) is 28.7 Å². The number of methoxy groups -OCH3 is 1. The Labute approximate surface area is 368 Å². The number of anilines is 1. The normalized spacial score (nSPS) is 22.4. The lowest BCUT2D eigenvalue weighted by Crippen LogP contribution is -2.59. The molecule has 3 aliphatic heterocycles. The van der Waals surface area contributed by atoms with Crippen LogP contribution >= 0.6 is 0 Å². The highest BCUT2D eigenvalue weighted by atomic mass is 32.2. The molecule has 8 rings (SSSR count). The van der Waals surface area contributed by atoms with Crippen LogP contribution in [0.5, 0.6) is 11.5 Å². The van der Waals surface area contributed by atoms with E-state index in [1.54, 1.807) is 35.1 Å². The highest BCUT2D eigenvalue weighted by molar-refractivity contribution is 7.90. The number of hydrogen-bond donors (Lipinski definition) is 3. The van der Waals surface area contributed by atoms with Crippen molar-refractivity contribution < 1.29 is 37.1 Å². The average Bonchev–Trinajstić information content (AvgIpc) is 3.56. The van der Waals surface area contributed by atoms with Crippen molar-refractivity contribution in [1.29, 1.82) is 0 Å². The fraction of sp³-hybridized carbons (Fsp3) is 0.426. The highest BCUT2D eigenvalue weighted by Gasteiger charge is 2.61. The van der Waals surface area contributed by atoms with Crippen molar-refractivity contribution in [2.75, 3.05) is 38.6 Å². The minimum Gasteiger partial charge on any atom is -0.497 e. The van der Waals surface area contributed by atoms with Crippen LogP contribution in [0, 0.1) is 11.8 Å². The van der Waals surface area contributed by atoms with Crippen molar-refractivity contribution in [3.05, 3.63) is 91.0 Å². The average molecular weight is 878 g/mol. The Bertz CT molecular complexity index is 2600. The topological polar surface area (TPSA) is 180 Å². The van der Waals surface area contributed by atoms with E-state index >= 15 is 4.79 Å². The Hall–Kier alpha value is -6.16. The molecule has 4 aliphatic rings. The zero-order chi connectivity index (χ0) is 45.0. The summed E-state index contributed by atoms with van der Waals surface area (Å²) in [6.45, 7) is 15.0. The zero-order valence-electron chi connectivity index (χ0n) is 36.5. The van der Waals surface area contributed by atoms with Crippen molar-refractivity contribution in [3.8, 4) is 22.8 Å². The van der Waals surface area contributed by atoms with Gasteiger partial charge in [-0.1, -0.05) is 44.2 Å². The van der Waals surface area contributed by atoms with Crippen LogP contribution in [0.25, 0.3) is 22.2 Å². The van der Waals surface area contributed by atoms with Crippen LogP contribution in [-0.4, -0.2) is 114 Å². The maximum absolute atomic E-state index is 15.1. The summed E-state index contributed by atoms with van der Waals surface area (Å²) in [4.78, 5) is 67.3. The molecule has 5 atom stereocenters. The molecular formula is C47H55N7O8S. The molecule has 1 aliphatic carbocycles. The molecule has 3 N–H and O–H groups in total. The maximum Gasteiger partial charge on any atom is 0.321 e. The molecule has 0 bridgehead atoms. The van der Waals surface area contributed by atoms with Crippen LogP contribution in [0.4, 0.5) is 10.5 Å². The number of carbonyl (C=O) groups is 4. The molecule has 15 nitrogen and oxygen atoms in total. The molecule has 4 heterocycles. The summed E-state index contributed by atoms with van der Waals surface area (Å²) in [5.74, 6) is -1.81. The summed E-state index contributed by atoms with van der Waals surface area (Å²) in [5.41, 5.74) is 2.34. The van der Waals surface area contributed by atoms with Gasteiger partial charge in [-0.3, -0.25) is 14.4 Å². The Morgan fingerprint density at radius 2 is 1.79 bits per heavy atom. The van der Waals surface area contributed by atoms with Crippen molar-refractivity contribution >= 4 is 50.4 Å². The number of hydrogen-bond acceptors (Lipinski definition) is 10. The predicted molar refractivity (Wildman–Crippen MR) is 239 cm³/mol. The first-order valence-electron chi connectivity index (χ1n) is 21.4. The van der Waals surface area contributed by atoms with Crippen molar-refractivity contribution in [3.63, 3.8) is 0 Å². The smallest absolute Gasteiger partial charge is 0.321 e. The van der Waals surface area contributed by atoms with E-state index in [9.17, 15) is 22.8 Å². The van der Waals surface area contributed by atoms with Gasteiger partial charge in [-0.05, 0) is 81.5 Å². The molecule has 0 spiro atoms. The summed E-state index contributed by atoms with van der Waals surface area (Å²) >= 11 is 0. The Kier molecular flexibility index (Phi) is 11.4. The summed E-state index contributed by atoms with van der Waals surface area (Å²) in [6.07, 6.45) is 1.80. The van der Waals surface area contributed by atoms with Gasteiger partial charge < -0.3 is 34.8 Å². The number of urea groups is 1. The van der Waals surface area contributed by atoms with Crippen molar-refractivity contribution in [2.45, 2.75) is 88.0 Å². The van der Waals surface area contributed by atoms with Crippen molar-refractivity contribution in [1.82, 2.24) is 29.7 Å². The number of nitrogens with one attached hydrogen (secondary N) is 3. The Morgan fingerprint density at radius 1 is 1.03 bits per heavy atom. The third-order valence-electron chi connectivity index (χ3n) is 12.6. The van der Waals surface area contributed by atoms with Crippen LogP contribution in [0.1, 0.15) is 53.0 Å². The number of benzene rings is 3. The van der Waals surface area contributed by atoms with E-state index in [1.807, 2.05) is 71.0 Å². The lowest BCUT2D eigenvalue weighted by atomic mass is 10.0. The molecule has 3 aromatic carbocycles. The molecule has 63 heavy (non-hydrogen) atoms. The number of fused-ring (bicyclic) bond motifs is 2. The van der Waals surface area contributed by atoms with Crippen molar-refractivity contribution in [2.24, 2.45) is 11.8 Å². The van der Waals surface area contributed by atoms with E-state index in [0.29, 0.717) is 41.2 Å². The van der Waals surface area contributed by atoms with Gasteiger partial charge in [0.15, 0.2) is 0 Å². The van der Waals surface area contributed by atoms with Gasteiger partial charge in [0.1, 0.15) is 35.2 Å². The molecular weight excluding hydrogens is 823 g/mol. The minimum absolute atomic E-state index is 0.0164. The number of nitrogens with zero attached hydrogens (tertiary/aromatic N) is 4. The molecule has 5 amide bonds. The third kappa shape index (κ3) is 8.28. The van der Waals surface area contributed by atoms with Gasteiger partial charge in [-0.15, -0.1) is 6.58 Å². The number of amides is 5. The largest absolute Gasteiger partial charge is 0.497 e. The Balaban J connectivity index is 1.13. The number of pyridine rings is 1. The van der Waals surface area contributed by atoms with Gasteiger partial charge >= 0.3 is 6.03 Å². The summed E-state index contributed by atoms with van der Waals surface area (Å²) in [6, 6.07) is 18.7. The molecule has 0 radical (unpaired) electrons. The predicted octanol–water partition coefficient (Wildman–Crippen LogP) is 5.35. The van der Waals surface area contributed by atoms with Gasteiger partial charge in [0.2, 0.25) is 11.8 Å². The fourth-order valence-electron chi connectivity index (χ4n) is 9.16. The lowest BCUT2D eigenvalue weighted by Gasteiger charge is -2.37. The van der Waals surface area contributed by atoms with E-state index in [0.717, 1.165) is 24.2 Å². The van der Waals surface area contributed by atoms with Crippen LogP contribution in [0.3, 0.4) is 0 Å². The first-order valence-corrected chi connectivity index (χ1v) is 22.9. The number of likely N-dealkylation sites (tertiary alicyclic amines) is 1. The number of rotatable bonds is 13. The molecule has 1 aromatic heterocycles. The summed E-state index contributed by atoms with van der Waals surface area (Å²) in [7, 11) is -2.70. The minimum atomic E-state index is -4.28. The number of sulfonamides is 1. The van der Waals surface area contributed by atoms with Crippen LogP contribution < -0.4 is 24.8 Å². The summed E-state index contributed by atoms with van der Waals surface area (Å²) < 4.78 is 41.1. The number of aromatic nitrogens is 1. The number of carbonyl (C=O) groups excluding carboxylic acids is 4. The van der Waals surface area contributed by atoms with Gasteiger partial charge in [-0.2, -0.15) is 0 Å². The second-order valence-corrected chi connectivity index (χ2v) is 19.8. The standard InChI is InChI=1S/C47H55N7O8S/c1-8-31-26-47(31,44(57)51-63(59,60)34-12-10-9-11-13-34)50-42(55)39-24-33(27-53(39)43(56)41(28(2)3)52-20-21-54(45(52)58)46(4,5)6)62-40-25-37(29-14-17-36-30(22-29)18-19-48-36)49-38-23-32(61-7)15-16-35(38)40/h8-17,22-23,25,28,31,33,39,41,48H,1,18-21,24,26-27H2,2-7H3,(H,50,55)(H,51,57)/t31-,33-,39+,41+,47-/m1/s1. The SMILES string of the molecule is C=C[C@@H]1C[C@]1(NC(=O)[C@@H]1C[C@@H](Oc2cc(-c3ccc4c(c3)CCN4)nc3cc(OC)ccc23)CN1C(=O)[C@H](C(C)C)N1CCN(C(C)(C)C)C1=O)C(=O)NS(=O)(=O)c1ccccc1. The first kappa shape index (κ1) is 43.5. The van der Waals surface area contributed by atoms with E-state index in [2.05, 4.69) is 28.0 Å². The lowest BCUT2D eigenvalue weighted by molar-refractivity contribution is -0.143. The maximum atomic E-state index is 15.1. The first-order chi connectivity index (χ1) is 29.9. The monoisotopic (exact) mass is 877 g/mol. The number of ether oxygens (including phenoxy) is 2. The molecule has 2 saturated heterocycles. The second-order valence-electron chi connectivity index (χ2n) is 18.2. The van der Waals surface area contributed by atoms with E-state index in [4.69, 9.17) is 14.5 Å². The van der Waals surface area contributed by atoms with E-state index in [-0.39, 0.29) is 36.2 Å². The molecule has 3 fully saturated rings. The molecule has 0 unspecified atom stereocenters. The molecule has 332 valence electrons. The van der Waals surface area contributed by atoms with Gasteiger partial charge in [0.05, 0.1) is 29.8 Å². The molecule has 16 heteroatoms. The molecule has 4 aromatic rings. The van der Waals surface area contributed by atoms with Crippen LogP contribution in [0.15, 0.2) is 90.3 Å². The van der Waals surface area contributed by atoms with Gasteiger partial charge in [-0.25, -0.2) is 22.9 Å². The molecule has 1 saturated carbocycles. The second kappa shape index (κ2) is 16.5. The van der Waals surface area contributed by atoms with E-state index < -0.39 is 62.9 Å².